The lowest BCUT2D eigenvalue weighted by Crippen LogP contribution is -2.45. The van der Waals surface area contributed by atoms with Gasteiger partial charge >= 0.3 is 0 Å². The highest BCUT2D eigenvalue weighted by Crippen LogP contribution is 2.38. The normalized spacial score (nSPS) is 14.6. The van der Waals surface area contributed by atoms with Crippen LogP contribution in [0.15, 0.2) is 146 Å². The lowest BCUT2D eigenvalue weighted by Gasteiger charge is -2.29. The number of carbonyl (C=O) groups is 1. The first-order valence-corrected chi connectivity index (χ1v) is 35.7. The topological polar surface area (TPSA) is 108 Å². The summed E-state index contributed by atoms with van der Waals surface area (Å²) in [5, 5.41) is 13.9. The van der Waals surface area contributed by atoms with Gasteiger partial charge in [-0.1, -0.05) is 307 Å². The maximum absolute atomic E-state index is 13.0. The van der Waals surface area contributed by atoms with Gasteiger partial charge < -0.3 is 28.8 Å². The van der Waals surface area contributed by atoms with Crippen LogP contribution in [0.4, 0.5) is 0 Å². The van der Waals surface area contributed by atoms with Crippen molar-refractivity contribution in [3.8, 4) is 0 Å². The number of aliphatic hydroxyl groups excluding tert-OH is 1. The summed E-state index contributed by atoms with van der Waals surface area (Å²) in [6.07, 6.45) is 98.1. The third-order valence-corrected chi connectivity index (χ3v) is 15.5. The Morgan fingerprint density at radius 1 is 0.429 bits per heavy atom. The lowest BCUT2D eigenvalue weighted by molar-refractivity contribution is -0.870. The molecular formula is C75H129N2O6P. The first-order chi connectivity index (χ1) is 41.0. The van der Waals surface area contributed by atoms with Gasteiger partial charge in [0.2, 0.25) is 5.91 Å². The molecule has 8 nitrogen and oxygen atoms in total. The quantitative estimate of drug-likeness (QED) is 0.0272. The Morgan fingerprint density at radius 2 is 0.726 bits per heavy atom. The van der Waals surface area contributed by atoms with Crippen molar-refractivity contribution in [2.75, 3.05) is 40.9 Å². The van der Waals surface area contributed by atoms with Gasteiger partial charge in [-0.05, 0) is 103 Å². The van der Waals surface area contributed by atoms with E-state index in [0.29, 0.717) is 17.4 Å². The summed E-state index contributed by atoms with van der Waals surface area (Å²) >= 11 is 0. The molecule has 2 N–H and O–H groups in total. The van der Waals surface area contributed by atoms with Crippen molar-refractivity contribution < 1.29 is 32.9 Å². The van der Waals surface area contributed by atoms with Gasteiger partial charge in [0.25, 0.3) is 7.82 Å². The fourth-order valence-electron chi connectivity index (χ4n) is 9.28. The number of carbonyl (C=O) groups excluding carboxylic acids is 1. The van der Waals surface area contributed by atoms with E-state index < -0.39 is 26.6 Å². The molecule has 0 aliphatic rings. The first kappa shape index (κ1) is 80.4. The molecule has 0 fully saturated rings. The van der Waals surface area contributed by atoms with Gasteiger partial charge in [-0.15, -0.1) is 0 Å². The number of hydrogen-bond donors (Lipinski definition) is 2. The monoisotopic (exact) mass is 1180 g/mol. The molecule has 0 aromatic carbocycles. The molecule has 0 heterocycles. The number of nitrogens with zero attached hydrogens (tertiary/aromatic N) is 1. The number of aliphatic hydroxyl groups is 1. The fraction of sp³-hybridized carbons (Fsp3) is 0.667. The van der Waals surface area contributed by atoms with Gasteiger partial charge in [-0.3, -0.25) is 9.36 Å². The molecule has 0 aromatic rings. The minimum absolute atomic E-state index is 0.0122. The Labute approximate surface area is 519 Å². The predicted molar refractivity (Wildman–Crippen MR) is 366 cm³/mol. The number of amides is 1. The average Bonchev–Trinajstić information content (AvgIpc) is 3.56. The number of rotatable bonds is 61. The van der Waals surface area contributed by atoms with Crippen molar-refractivity contribution in [3.05, 3.63) is 146 Å². The zero-order chi connectivity index (χ0) is 61.2. The van der Waals surface area contributed by atoms with Gasteiger partial charge in [0.05, 0.1) is 39.9 Å². The molecule has 3 unspecified atom stereocenters. The van der Waals surface area contributed by atoms with E-state index in [1.807, 2.05) is 27.2 Å². The zero-order valence-electron chi connectivity index (χ0n) is 54.8. The number of phosphoric acid groups is 1. The van der Waals surface area contributed by atoms with Crippen LogP contribution in [-0.2, 0) is 18.4 Å². The summed E-state index contributed by atoms with van der Waals surface area (Å²) in [5.41, 5.74) is 0. The van der Waals surface area contributed by atoms with Gasteiger partial charge in [0.15, 0.2) is 0 Å². The predicted octanol–water partition coefficient (Wildman–Crippen LogP) is 21.4. The molecule has 0 saturated heterocycles. The van der Waals surface area contributed by atoms with Gasteiger partial charge in [-0.25, -0.2) is 0 Å². The van der Waals surface area contributed by atoms with Crippen LogP contribution in [-0.4, -0.2) is 68.5 Å². The summed E-state index contributed by atoms with van der Waals surface area (Å²) in [4.78, 5) is 25.6. The second-order valence-electron chi connectivity index (χ2n) is 23.8. The molecule has 9 heteroatoms. The van der Waals surface area contributed by atoms with Crippen molar-refractivity contribution in [3.63, 3.8) is 0 Å². The van der Waals surface area contributed by atoms with E-state index in [2.05, 4.69) is 153 Å². The van der Waals surface area contributed by atoms with Gasteiger partial charge in [-0.2, -0.15) is 0 Å². The summed E-state index contributed by atoms with van der Waals surface area (Å²) in [7, 11) is 1.23. The van der Waals surface area contributed by atoms with Gasteiger partial charge in [0.1, 0.15) is 13.2 Å². The number of unbranched alkanes of at least 4 members (excludes halogenated alkanes) is 26. The molecule has 0 aromatic heterocycles. The Kier molecular flexibility index (Phi) is 61.1. The summed E-state index contributed by atoms with van der Waals surface area (Å²) in [6.45, 7) is 4.53. The molecule has 480 valence electrons. The molecule has 0 aliphatic heterocycles. The third kappa shape index (κ3) is 65.9. The van der Waals surface area contributed by atoms with Crippen molar-refractivity contribution in [1.82, 2.24) is 5.32 Å². The van der Waals surface area contributed by atoms with Crippen LogP contribution < -0.4 is 10.2 Å². The molecule has 1 amide bonds. The van der Waals surface area contributed by atoms with Crippen molar-refractivity contribution in [1.29, 1.82) is 0 Å². The summed E-state index contributed by atoms with van der Waals surface area (Å²) < 4.78 is 23.4. The van der Waals surface area contributed by atoms with Crippen molar-refractivity contribution >= 4 is 13.7 Å². The van der Waals surface area contributed by atoms with E-state index in [9.17, 15) is 19.4 Å². The van der Waals surface area contributed by atoms with Crippen LogP contribution in [0, 0.1) is 0 Å². The van der Waals surface area contributed by atoms with Crippen molar-refractivity contribution in [2.45, 2.75) is 283 Å². The van der Waals surface area contributed by atoms with E-state index >= 15 is 0 Å². The second kappa shape index (κ2) is 63.9. The number of allylic oxidation sites excluding steroid dienone is 23. The molecule has 0 bridgehead atoms. The molecule has 0 rings (SSSR count). The van der Waals surface area contributed by atoms with E-state index in [1.165, 1.54) is 122 Å². The number of likely N-dealkylation sites (N-methyl/N-ethyl adjacent to an activating group) is 1. The standard InChI is InChI=1S/C75H129N2O6P/c1-6-8-10-12-14-16-18-20-22-24-26-28-30-31-32-33-34-35-36-37-38-39-40-41-42-43-44-45-47-49-51-53-55-57-59-61-63-65-67-69-75(79)76-73(72-83-84(80,81)82-71-70-77(3,4)5)74(78)68-66-64-62-60-58-56-54-52-50-48-46-29-27-25-23-21-19-17-15-13-11-9-7-2/h8,10,14,16,20,22,26,28,31-32,34-35,37-38,40-41,43-44,47,49,53,55,66,68,73-74,78H,6-7,9,11-13,15,17-19,21,23-25,27,29-30,33,36,39,42,45-46,48,50-52,54,56-65,67,69-72H2,1-5H3,(H-,76,79,80,81)/b10-8-,16-14-,22-20-,28-26-,32-31-,35-34-,38-37-,41-40-,44-43-,49-47-,55-53-,68-66+. The zero-order valence-corrected chi connectivity index (χ0v) is 55.7. The summed E-state index contributed by atoms with van der Waals surface area (Å²) in [5.74, 6) is -0.220. The van der Waals surface area contributed by atoms with Crippen LogP contribution >= 0.6 is 7.82 Å². The average molecular weight is 1190 g/mol. The van der Waals surface area contributed by atoms with Crippen molar-refractivity contribution in [2.24, 2.45) is 0 Å². The highest BCUT2D eigenvalue weighted by Gasteiger charge is 2.23. The number of hydrogen-bond acceptors (Lipinski definition) is 6. The van der Waals surface area contributed by atoms with Crippen LogP contribution in [0.3, 0.4) is 0 Å². The van der Waals surface area contributed by atoms with E-state index in [-0.39, 0.29) is 12.5 Å². The molecule has 3 atom stereocenters. The molecular weight excluding hydrogens is 1060 g/mol. The maximum atomic E-state index is 13.0. The van der Waals surface area contributed by atoms with Crippen LogP contribution in [0.25, 0.3) is 0 Å². The van der Waals surface area contributed by atoms with E-state index in [1.54, 1.807) is 6.08 Å². The highest BCUT2D eigenvalue weighted by molar-refractivity contribution is 7.45. The SMILES string of the molecule is CC/C=C\C/C=C\C/C=C\C/C=C\C/C=C\C/C=C\C/C=C\C/C=C\C/C=C\C/C=C\C/C=C\CCCCCCCC(=O)NC(COP(=O)([O-])OCC[N+](C)(C)C)C(O)/C=C/CCCCCCCCCCCCCCCCCCCCCCC. The Balaban J connectivity index is 4.21. The minimum Gasteiger partial charge on any atom is -0.756 e. The lowest BCUT2D eigenvalue weighted by atomic mass is 10.0. The number of nitrogens with one attached hydrogen (secondary N) is 1. The van der Waals surface area contributed by atoms with E-state index in [0.717, 1.165) is 128 Å². The van der Waals surface area contributed by atoms with E-state index in [4.69, 9.17) is 9.05 Å². The minimum atomic E-state index is -4.62. The molecule has 0 saturated carbocycles. The Morgan fingerprint density at radius 3 is 1.06 bits per heavy atom. The summed E-state index contributed by atoms with van der Waals surface area (Å²) in [6, 6.07) is -0.909. The molecule has 84 heavy (non-hydrogen) atoms. The van der Waals surface area contributed by atoms with Gasteiger partial charge in [0, 0.05) is 6.42 Å². The maximum Gasteiger partial charge on any atom is 0.268 e. The molecule has 0 aliphatic carbocycles. The van der Waals surface area contributed by atoms with Crippen LogP contribution in [0.2, 0.25) is 0 Å². The smallest absolute Gasteiger partial charge is 0.268 e. The number of phosphoric ester groups is 1. The van der Waals surface area contributed by atoms with Crippen LogP contribution in [0.5, 0.6) is 0 Å². The highest BCUT2D eigenvalue weighted by atomic mass is 31.2. The Hall–Kier alpha value is -3.62. The Bertz CT molecular complexity index is 1880. The molecule has 0 radical (unpaired) electrons. The second-order valence-corrected chi connectivity index (χ2v) is 25.2. The fourth-order valence-corrected chi connectivity index (χ4v) is 10.00. The number of quaternary nitrogens is 1. The van der Waals surface area contributed by atoms with Crippen LogP contribution in [0.1, 0.15) is 271 Å². The third-order valence-electron chi connectivity index (χ3n) is 14.6. The largest absolute Gasteiger partial charge is 0.756 e. The molecule has 0 spiro atoms. The first-order valence-electron chi connectivity index (χ1n) is 34.2.